The van der Waals surface area contributed by atoms with Crippen LogP contribution in [0.15, 0.2) is 0 Å². The van der Waals surface area contributed by atoms with Crippen LogP contribution in [0.3, 0.4) is 0 Å². The second-order valence-corrected chi connectivity index (χ2v) is 5.22. The van der Waals surface area contributed by atoms with Crippen molar-refractivity contribution in [3.05, 3.63) is 0 Å². The van der Waals surface area contributed by atoms with Crippen LogP contribution in [0, 0.1) is 5.92 Å². The molecular formula is C8H19N3O3S. The second kappa shape index (κ2) is 5.76. The molecule has 0 aromatic rings. The van der Waals surface area contributed by atoms with Gasteiger partial charge in [0.25, 0.3) is 10.2 Å². The lowest BCUT2D eigenvalue weighted by Crippen LogP contribution is -2.47. The van der Waals surface area contributed by atoms with E-state index in [1.165, 1.54) is 7.11 Å². The Bertz CT molecular complexity index is 277. The molecule has 1 unspecified atom stereocenters. The molecule has 90 valence electrons. The van der Waals surface area contributed by atoms with Gasteiger partial charge in [0.1, 0.15) is 0 Å². The third-order valence-corrected chi connectivity index (χ3v) is 3.55. The van der Waals surface area contributed by atoms with Crippen LogP contribution in [0.1, 0.15) is 12.8 Å². The van der Waals surface area contributed by atoms with Gasteiger partial charge in [-0.15, -0.1) is 0 Å². The van der Waals surface area contributed by atoms with E-state index in [1.54, 1.807) is 0 Å². The number of nitrogens with one attached hydrogen (secondary N) is 2. The first-order valence-electron chi connectivity index (χ1n) is 5.05. The quantitative estimate of drug-likeness (QED) is 0.462. The van der Waals surface area contributed by atoms with E-state index in [1.807, 2.05) is 0 Å². The smallest absolute Gasteiger partial charge is 0.277 e. The molecule has 1 atom stereocenters. The van der Waals surface area contributed by atoms with E-state index < -0.39 is 10.2 Å². The van der Waals surface area contributed by atoms with E-state index in [-0.39, 0.29) is 12.6 Å². The van der Waals surface area contributed by atoms with Crippen molar-refractivity contribution >= 4 is 10.2 Å². The van der Waals surface area contributed by atoms with E-state index in [4.69, 9.17) is 10.5 Å². The SMILES string of the molecule is COCCNS(=O)(=O)NC(CN)C1CC1. The maximum atomic E-state index is 11.5. The molecule has 0 aromatic carbocycles. The highest BCUT2D eigenvalue weighted by Crippen LogP contribution is 2.32. The van der Waals surface area contributed by atoms with Gasteiger partial charge in [-0.25, -0.2) is 0 Å². The van der Waals surface area contributed by atoms with E-state index >= 15 is 0 Å². The molecular weight excluding hydrogens is 218 g/mol. The second-order valence-electron chi connectivity index (χ2n) is 3.69. The number of hydrogen-bond acceptors (Lipinski definition) is 4. The van der Waals surface area contributed by atoms with Gasteiger partial charge in [0, 0.05) is 26.2 Å². The third kappa shape index (κ3) is 4.89. The standard InChI is InChI=1S/C8H19N3O3S/c1-14-5-4-10-15(12,13)11-8(6-9)7-2-3-7/h7-8,10-11H,2-6,9H2,1H3. The molecule has 7 heteroatoms. The molecule has 1 fully saturated rings. The lowest BCUT2D eigenvalue weighted by Gasteiger charge is -2.16. The maximum absolute atomic E-state index is 11.5. The Kier molecular flexibility index (Phi) is 4.94. The van der Waals surface area contributed by atoms with Crippen LogP contribution in [-0.4, -0.2) is 41.3 Å². The number of hydrogen-bond donors (Lipinski definition) is 3. The minimum Gasteiger partial charge on any atom is -0.383 e. The lowest BCUT2D eigenvalue weighted by molar-refractivity contribution is 0.204. The van der Waals surface area contributed by atoms with Crippen LogP contribution in [0.5, 0.6) is 0 Å². The number of rotatable bonds is 8. The number of ether oxygens (including phenoxy) is 1. The van der Waals surface area contributed by atoms with Crippen LogP contribution in [-0.2, 0) is 14.9 Å². The molecule has 4 N–H and O–H groups in total. The minimum atomic E-state index is -3.43. The van der Waals surface area contributed by atoms with Gasteiger partial charge in [-0.2, -0.15) is 17.9 Å². The molecule has 0 spiro atoms. The Morgan fingerprint density at radius 3 is 2.67 bits per heavy atom. The summed E-state index contributed by atoms with van der Waals surface area (Å²) in [5.74, 6) is 0.411. The molecule has 6 nitrogen and oxygen atoms in total. The summed E-state index contributed by atoms with van der Waals surface area (Å²) in [5.41, 5.74) is 5.50. The topological polar surface area (TPSA) is 93.4 Å². The molecule has 1 rings (SSSR count). The normalized spacial score (nSPS) is 19.1. The van der Waals surface area contributed by atoms with E-state index in [0.717, 1.165) is 12.8 Å². The molecule has 0 aromatic heterocycles. The summed E-state index contributed by atoms with van der Waals surface area (Å²) < 4.78 is 32.6. The van der Waals surface area contributed by atoms with Crippen molar-refractivity contribution in [2.24, 2.45) is 11.7 Å². The highest BCUT2D eigenvalue weighted by molar-refractivity contribution is 7.87. The summed E-state index contributed by atoms with van der Waals surface area (Å²) in [5, 5.41) is 0. The van der Waals surface area contributed by atoms with Crippen molar-refractivity contribution in [3.63, 3.8) is 0 Å². The van der Waals surface area contributed by atoms with Crippen LogP contribution in [0.4, 0.5) is 0 Å². The molecule has 1 aliphatic carbocycles. The third-order valence-electron chi connectivity index (χ3n) is 2.35. The average molecular weight is 237 g/mol. The van der Waals surface area contributed by atoms with Gasteiger partial charge < -0.3 is 10.5 Å². The Balaban J connectivity index is 2.33. The predicted molar refractivity (Wildman–Crippen MR) is 57.5 cm³/mol. The number of methoxy groups -OCH3 is 1. The van der Waals surface area contributed by atoms with Gasteiger partial charge in [0.15, 0.2) is 0 Å². The largest absolute Gasteiger partial charge is 0.383 e. The molecule has 1 saturated carbocycles. The highest BCUT2D eigenvalue weighted by Gasteiger charge is 2.32. The van der Waals surface area contributed by atoms with Gasteiger partial charge in [-0.1, -0.05) is 0 Å². The molecule has 0 aliphatic heterocycles. The zero-order valence-electron chi connectivity index (χ0n) is 8.90. The summed E-state index contributed by atoms with van der Waals surface area (Å²) >= 11 is 0. The van der Waals surface area contributed by atoms with Crippen LogP contribution < -0.4 is 15.2 Å². The van der Waals surface area contributed by atoms with Crippen LogP contribution in [0.25, 0.3) is 0 Å². The van der Waals surface area contributed by atoms with Crippen molar-refractivity contribution in [1.29, 1.82) is 0 Å². The first-order valence-corrected chi connectivity index (χ1v) is 6.53. The zero-order valence-corrected chi connectivity index (χ0v) is 9.72. The molecule has 15 heavy (non-hydrogen) atoms. The summed E-state index contributed by atoms with van der Waals surface area (Å²) in [4.78, 5) is 0. The molecule has 0 bridgehead atoms. The Morgan fingerprint density at radius 2 is 2.20 bits per heavy atom. The molecule has 1 aliphatic rings. The molecule has 0 saturated heterocycles. The fourth-order valence-corrected chi connectivity index (χ4v) is 2.48. The summed E-state index contributed by atoms with van der Waals surface area (Å²) in [6.07, 6.45) is 2.12. The van der Waals surface area contributed by atoms with E-state index in [0.29, 0.717) is 19.1 Å². The summed E-state index contributed by atoms with van der Waals surface area (Å²) in [6, 6.07) is -0.134. The summed E-state index contributed by atoms with van der Waals surface area (Å²) in [6.45, 7) is 0.973. The lowest BCUT2D eigenvalue weighted by atomic mass is 10.2. The first-order chi connectivity index (χ1) is 7.09. The monoisotopic (exact) mass is 237 g/mol. The molecule has 0 radical (unpaired) electrons. The Hall–Kier alpha value is -0.210. The van der Waals surface area contributed by atoms with Crippen LogP contribution in [0.2, 0.25) is 0 Å². The van der Waals surface area contributed by atoms with E-state index in [9.17, 15) is 8.42 Å². The average Bonchev–Trinajstić information content (AvgIpc) is 2.98. The molecule has 0 heterocycles. The van der Waals surface area contributed by atoms with Gasteiger partial charge in [-0.05, 0) is 18.8 Å². The zero-order chi connectivity index (χ0) is 11.3. The van der Waals surface area contributed by atoms with Crippen molar-refractivity contribution in [1.82, 2.24) is 9.44 Å². The fraction of sp³-hybridized carbons (Fsp3) is 1.00. The van der Waals surface area contributed by atoms with Gasteiger partial charge in [0.05, 0.1) is 6.61 Å². The van der Waals surface area contributed by atoms with Crippen molar-refractivity contribution in [2.75, 3.05) is 26.8 Å². The highest BCUT2D eigenvalue weighted by atomic mass is 32.2. The predicted octanol–water partition coefficient (Wildman–Crippen LogP) is -1.21. The van der Waals surface area contributed by atoms with Gasteiger partial charge >= 0.3 is 0 Å². The van der Waals surface area contributed by atoms with Gasteiger partial charge in [0.2, 0.25) is 0 Å². The van der Waals surface area contributed by atoms with Crippen molar-refractivity contribution in [3.8, 4) is 0 Å². The van der Waals surface area contributed by atoms with Crippen LogP contribution >= 0.6 is 0 Å². The Labute approximate surface area is 90.7 Å². The minimum absolute atomic E-state index is 0.134. The number of nitrogens with two attached hydrogens (primary N) is 1. The van der Waals surface area contributed by atoms with Crippen molar-refractivity contribution < 1.29 is 13.2 Å². The van der Waals surface area contributed by atoms with E-state index in [2.05, 4.69) is 9.44 Å². The maximum Gasteiger partial charge on any atom is 0.277 e. The van der Waals surface area contributed by atoms with Gasteiger partial charge in [-0.3, -0.25) is 0 Å². The van der Waals surface area contributed by atoms with Crippen molar-refractivity contribution in [2.45, 2.75) is 18.9 Å². The summed E-state index contributed by atoms with van der Waals surface area (Å²) in [7, 11) is -1.91. The fourth-order valence-electron chi connectivity index (χ4n) is 1.35. The Morgan fingerprint density at radius 1 is 1.53 bits per heavy atom. The first kappa shape index (κ1) is 12.9. The molecule has 0 amide bonds.